The third-order valence-corrected chi connectivity index (χ3v) is 2.12. The zero-order valence-corrected chi connectivity index (χ0v) is 7.99. The average Bonchev–Trinajstić information content (AvgIpc) is 2.58. The molecule has 0 saturated heterocycles. The van der Waals surface area contributed by atoms with Gasteiger partial charge in [-0.25, -0.2) is 9.37 Å². The number of nitro benzene ring substituents is 1. The maximum absolute atomic E-state index is 12.2. The first-order valence-electron chi connectivity index (χ1n) is 3.91. The Morgan fingerprint density at radius 1 is 1.60 bits per heavy atom. The van der Waals surface area contributed by atoms with E-state index in [0.29, 0.717) is 5.52 Å². The van der Waals surface area contributed by atoms with E-state index in [2.05, 4.69) is 4.98 Å². The topological polar surface area (TPSA) is 69.2 Å². The van der Waals surface area contributed by atoms with Crippen LogP contribution in [0.15, 0.2) is 16.5 Å². The number of hydrogen-bond donors (Lipinski definition) is 0. The van der Waals surface area contributed by atoms with E-state index < -0.39 is 11.6 Å². The van der Waals surface area contributed by atoms with Crippen LogP contribution in [0.2, 0.25) is 5.02 Å². The zero-order chi connectivity index (χ0) is 11.0. The molecule has 0 fully saturated rings. The quantitative estimate of drug-likeness (QED) is 0.588. The van der Waals surface area contributed by atoms with Crippen LogP contribution in [0.25, 0.3) is 11.1 Å². The molecular formula is C8H4ClFN2O3. The van der Waals surface area contributed by atoms with Gasteiger partial charge in [-0.2, -0.15) is 0 Å². The lowest BCUT2D eigenvalue weighted by Gasteiger charge is -1.92. The maximum Gasteiger partial charge on any atom is 0.291 e. The van der Waals surface area contributed by atoms with Crippen molar-refractivity contribution >= 4 is 28.4 Å². The van der Waals surface area contributed by atoms with E-state index in [1.807, 2.05) is 0 Å². The molecule has 0 aliphatic carbocycles. The van der Waals surface area contributed by atoms with Gasteiger partial charge in [0.25, 0.3) is 5.69 Å². The number of alkyl halides is 1. The summed E-state index contributed by atoms with van der Waals surface area (Å²) in [4.78, 5) is 13.6. The number of halogens is 2. The molecule has 0 bridgehead atoms. The molecule has 1 heterocycles. The average molecular weight is 231 g/mol. The lowest BCUT2D eigenvalue weighted by Crippen LogP contribution is -1.88. The minimum Gasteiger partial charge on any atom is -0.438 e. The molecule has 0 unspecified atom stereocenters. The van der Waals surface area contributed by atoms with Crippen LogP contribution in [-0.2, 0) is 6.67 Å². The summed E-state index contributed by atoms with van der Waals surface area (Å²) in [5.41, 5.74) is 0.169. The molecule has 0 N–H and O–H groups in total. The molecule has 1 aromatic carbocycles. The van der Waals surface area contributed by atoms with Crippen LogP contribution in [-0.4, -0.2) is 9.91 Å². The van der Waals surface area contributed by atoms with Gasteiger partial charge >= 0.3 is 0 Å². The number of hydrogen-bond acceptors (Lipinski definition) is 4. The molecule has 2 aromatic rings. The summed E-state index contributed by atoms with van der Waals surface area (Å²) in [5.74, 6) is -0.124. The van der Waals surface area contributed by atoms with Crippen LogP contribution in [0.4, 0.5) is 10.1 Å². The fourth-order valence-electron chi connectivity index (χ4n) is 1.18. The Morgan fingerprint density at radius 2 is 2.33 bits per heavy atom. The molecule has 5 nitrogen and oxygen atoms in total. The number of nitro groups is 1. The van der Waals surface area contributed by atoms with Crippen molar-refractivity contribution in [3.05, 3.63) is 33.2 Å². The maximum atomic E-state index is 12.2. The van der Waals surface area contributed by atoms with Crippen LogP contribution in [0.3, 0.4) is 0 Å². The molecule has 0 saturated carbocycles. The predicted molar refractivity (Wildman–Crippen MR) is 50.5 cm³/mol. The molecule has 15 heavy (non-hydrogen) atoms. The van der Waals surface area contributed by atoms with Gasteiger partial charge in [0.2, 0.25) is 5.89 Å². The number of rotatable bonds is 2. The van der Waals surface area contributed by atoms with Crippen LogP contribution >= 0.6 is 11.6 Å². The second-order valence-corrected chi connectivity index (χ2v) is 3.18. The fourth-order valence-corrected chi connectivity index (χ4v) is 1.41. The summed E-state index contributed by atoms with van der Waals surface area (Å²) in [6, 6.07) is 2.40. The van der Waals surface area contributed by atoms with Crippen molar-refractivity contribution < 1.29 is 13.7 Å². The van der Waals surface area contributed by atoms with Gasteiger partial charge in [0.05, 0.1) is 11.0 Å². The molecule has 0 amide bonds. The Labute approximate surface area is 87.6 Å². The van der Waals surface area contributed by atoms with E-state index in [4.69, 9.17) is 16.0 Å². The first-order valence-corrected chi connectivity index (χ1v) is 4.29. The summed E-state index contributed by atoms with van der Waals surface area (Å²) < 4.78 is 17.1. The third kappa shape index (κ3) is 1.63. The van der Waals surface area contributed by atoms with Crippen LogP contribution in [0.5, 0.6) is 0 Å². The second-order valence-electron chi connectivity index (χ2n) is 2.77. The van der Waals surface area contributed by atoms with Crippen molar-refractivity contribution in [2.75, 3.05) is 0 Å². The number of nitrogens with zero attached hydrogens (tertiary/aromatic N) is 2. The molecule has 0 aliphatic heterocycles. The molecular weight excluding hydrogens is 227 g/mol. The van der Waals surface area contributed by atoms with E-state index in [-0.39, 0.29) is 22.2 Å². The summed E-state index contributed by atoms with van der Waals surface area (Å²) in [5, 5.41) is 10.5. The largest absolute Gasteiger partial charge is 0.438 e. The van der Waals surface area contributed by atoms with Gasteiger partial charge in [-0.1, -0.05) is 11.6 Å². The van der Waals surface area contributed by atoms with E-state index in [9.17, 15) is 14.5 Å². The predicted octanol–water partition coefficient (Wildman–Crippen LogP) is 2.86. The first kappa shape index (κ1) is 9.85. The Morgan fingerprint density at radius 3 is 2.93 bits per heavy atom. The Kier molecular flexibility index (Phi) is 2.28. The number of oxazole rings is 1. The Hall–Kier alpha value is -1.69. The van der Waals surface area contributed by atoms with E-state index in [0.717, 1.165) is 6.07 Å². The van der Waals surface area contributed by atoms with Gasteiger partial charge in [0.15, 0.2) is 12.3 Å². The van der Waals surface area contributed by atoms with E-state index in [1.165, 1.54) is 6.07 Å². The number of fused-ring (bicyclic) bond motifs is 1. The Balaban J connectivity index is 2.68. The van der Waals surface area contributed by atoms with Crippen LogP contribution in [0.1, 0.15) is 5.89 Å². The molecule has 0 atom stereocenters. The summed E-state index contributed by atoms with van der Waals surface area (Å²) >= 11 is 5.63. The van der Waals surface area contributed by atoms with Crippen molar-refractivity contribution in [1.82, 2.24) is 4.98 Å². The van der Waals surface area contributed by atoms with Crippen LogP contribution in [0, 0.1) is 10.1 Å². The highest BCUT2D eigenvalue weighted by Gasteiger charge is 2.16. The van der Waals surface area contributed by atoms with Crippen LogP contribution < -0.4 is 0 Å². The standard InChI is InChI=1S/C8H4ClFN2O3/c9-4-1-5-7(2-6(4)12(13)14)15-8(3-10)11-5/h1-2H,3H2. The smallest absolute Gasteiger partial charge is 0.291 e. The molecule has 1 aromatic heterocycles. The highest BCUT2D eigenvalue weighted by molar-refractivity contribution is 6.33. The van der Waals surface area contributed by atoms with Gasteiger partial charge in [-0.3, -0.25) is 10.1 Å². The minimum absolute atomic E-state index is 0.0498. The van der Waals surface area contributed by atoms with Crippen molar-refractivity contribution in [1.29, 1.82) is 0 Å². The summed E-state index contributed by atoms with van der Waals surface area (Å²) in [7, 11) is 0. The van der Waals surface area contributed by atoms with Crippen molar-refractivity contribution in [3.8, 4) is 0 Å². The molecule has 0 spiro atoms. The van der Waals surface area contributed by atoms with Gasteiger partial charge in [0, 0.05) is 0 Å². The SMILES string of the molecule is O=[N+]([O-])c1cc2oc(CF)nc2cc1Cl. The van der Waals surface area contributed by atoms with Gasteiger partial charge in [-0.05, 0) is 6.07 Å². The molecule has 78 valence electrons. The van der Waals surface area contributed by atoms with Crippen molar-refractivity contribution in [2.45, 2.75) is 6.67 Å². The first-order chi connectivity index (χ1) is 7.11. The highest BCUT2D eigenvalue weighted by atomic mass is 35.5. The monoisotopic (exact) mass is 230 g/mol. The molecule has 0 aliphatic rings. The molecule has 2 rings (SSSR count). The minimum atomic E-state index is -0.861. The second kappa shape index (κ2) is 3.47. The normalized spacial score (nSPS) is 10.8. The number of benzene rings is 1. The van der Waals surface area contributed by atoms with Gasteiger partial charge in [-0.15, -0.1) is 0 Å². The van der Waals surface area contributed by atoms with Crippen molar-refractivity contribution in [3.63, 3.8) is 0 Å². The van der Waals surface area contributed by atoms with Crippen molar-refractivity contribution in [2.24, 2.45) is 0 Å². The zero-order valence-electron chi connectivity index (χ0n) is 7.24. The Bertz CT molecular complexity index is 540. The molecule has 0 radical (unpaired) electrons. The number of aromatic nitrogens is 1. The third-order valence-electron chi connectivity index (χ3n) is 1.81. The highest BCUT2D eigenvalue weighted by Crippen LogP contribution is 2.30. The molecule has 7 heteroatoms. The summed E-state index contributed by atoms with van der Waals surface area (Å²) in [6.07, 6.45) is 0. The lowest BCUT2D eigenvalue weighted by atomic mass is 10.3. The summed E-state index contributed by atoms with van der Waals surface area (Å²) in [6.45, 7) is -0.861. The van der Waals surface area contributed by atoms with Gasteiger partial charge in [0.1, 0.15) is 10.5 Å². The van der Waals surface area contributed by atoms with E-state index >= 15 is 0 Å². The lowest BCUT2D eigenvalue weighted by molar-refractivity contribution is -0.384. The van der Waals surface area contributed by atoms with E-state index in [1.54, 1.807) is 0 Å². The van der Waals surface area contributed by atoms with Gasteiger partial charge < -0.3 is 4.42 Å². The fraction of sp³-hybridized carbons (Fsp3) is 0.125.